The molecular formula is C36H33ClN2O9. The molecule has 11 nitrogen and oxygen atoms in total. The first kappa shape index (κ1) is 35.2. The standard InChI is InChI=1S/C36H33ClN2O9/c1-6-26(14-12-21(2)35(43)46-20-32-23(4)47-36(44)48-32)38-34(42)30(16-24-10-8-7-9-11-24)39-19-31(45-5)29(18-33(39)41)28-17-25(37)13-15-27(28)22(3)40/h6-15,17-19,30H,1,16,20H2,2-5H3,(H,38,42)/b21-12+,26-14+/t30-/m0/s1. The normalized spacial score (nSPS) is 12.3. The van der Waals surface area contributed by atoms with Crippen molar-refractivity contribution in [1.29, 1.82) is 0 Å². The van der Waals surface area contributed by atoms with E-state index in [1.165, 1.54) is 62.9 Å². The Labute approximate surface area is 280 Å². The molecule has 1 amide bonds. The summed E-state index contributed by atoms with van der Waals surface area (Å²) in [4.78, 5) is 63.7. The third-order valence-electron chi connectivity index (χ3n) is 7.32. The molecule has 0 bridgehead atoms. The van der Waals surface area contributed by atoms with Gasteiger partial charge in [-0.25, -0.2) is 9.59 Å². The summed E-state index contributed by atoms with van der Waals surface area (Å²) in [5, 5.41) is 3.14. The summed E-state index contributed by atoms with van der Waals surface area (Å²) < 4.78 is 21.7. The fourth-order valence-electron chi connectivity index (χ4n) is 4.77. The van der Waals surface area contributed by atoms with Crippen LogP contribution in [0.3, 0.4) is 0 Å². The molecule has 1 atom stereocenters. The van der Waals surface area contributed by atoms with Crippen molar-refractivity contribution >= 4 is 29.3 Å². The number of esters is 1. The number of hydrogen-bond acceptors (Lipinski definition) is 9. The number of aromatic nitrogens is 1. The van der Waals surface area contributed by atoms with Crippen LogP contribution in [0.4, 0.5) is 0 Å². The third kappa shape index (κ3) is 8.56. The highest BCUT2D eigenvalue weighted by molar-refractivity contribution is 6.31. The number of benzene rings is 2. The summed E-state index contributed by atoms with van der Waals surface area (Å²) in [6.45, 7) is 7.87. The van der Waals surface area contributed by atoms with Crippen molar-refractivity contribution in [1.82, 2.24) is 9.88 Å². The number of pyridine rings is 1. The molecule has 4 aromatic rings. The number of halogens is 1. The predicted molar refractivity (Wildman–Crippen MR) is 179 cm³/mol. The van der Waals surface area contributed by atoms with Crippen LogP contribution in [0, 0.1) is 6.92 Å². The van der Waals surface area contributed by atoms with Crippen molar-refractivity contribution in [3.63, 3.8) is 0 Å². The Bertz CT molecular complexity index is 2030. The maximum Gasteiger partial charge on any atom is 0.519 e. The van der Waals surface area contributed by atoms with E-state index < -0.39 is 29.3 Å². The first-order chi connectivity index (χ1) is 22.9. The smallest absolute Gasteiger partial charge is 0.495 e. The molecule has 0 unspecified atom stereocenters. The van der Waals surface area contributed by atoms with Gasteiger partial charge in [-0.2, -0.15) is 0 Å². The van der Waals surface area contributed by atoms with Crippen molar-refractivity contribution in [3.8, 4) is 16.9 Å². The fraction of sp³-hybridized carbons (Fsp3) is 0.194. The van der Waals surface area contributed by atoms with Gasteiger partial charge in [-0.05, 0) is 62.2 Å². The minimum absolute atomic E-state index is 0.0898. The lowest BCUT2D eigenvalue weighted by Crippen LogP contribution is -2.37. The van der Waals surface area contributed by atoms with Crippen LogP contribution >= 0.6 is 11.6 Å². The molecule has 48 heavy (non-hydrogen) atoms. The lowest BCUT2D eigenvalue weighted by molar-refractivity contribution is -0.140. The van der Waals surface area contributed by atoms with Crippen LogP contribution in [-0.4, -0.2) is 29.3 Å². The molecule has 0 aliphatic carbocycles. The molecule has 12 heteroatoms. The zero-order chi connectivity index (χ0) is 35.0. The van der Waals surface area contributed by atoms with Crippen molar-refractivity contribution in [2.75, 3.05) is 7.11 Å². The molecule has 0 aliphatic rings. The van der Waals surface area contributed by atoms with Gasteiger partial charge >= 0.3 is 11.8 Å². The number of ether oxygens (including phenoxy) is 2. The highest BCUT2D eigenvalue weighted by Crippen LogP contribution is 2.34. The number of hydrogen-bond donors (Lipinski definition) is 1. The zero-order valence-corrected chi connectivity index (χ0v) is 27.5. The SMILES string of the molecule is C=C/C(=C\C=C(/C)C(=O)OCc1oc(=O)oc1C)NC(=O)[C@H](Cc1ccccc1)n1cc(OC)c(-c2cc(Cl)ccc2C(C)=O)cc1=O. The van der Waals surface area contributed by atoms with Gasteiger partial charge in [-0.3, -0.25) is 19.0 Å². The number of nitrogens with one attached hydrogen (secondary N) is 1. The second-order valence-electron chi connectivity index (χ2n) is 10.6. The minimum Gasteiger partial charge on any atom is -0.495 e. The number of methoxy groups -OCH3 is 1. The van der Waals surface area contributed by atoms with Crippen LogP contribution < -0.4 is 21.4 Å². The lowest BCUT2D eigenvalue weighted by atomic mass is 9.97. The quantitative estimate of drug-likeness (QED) is 0.0794. The molecule has 2 aromatic heterocycles. The Morgan fingerprint density at radius 2 is 1.75 bits per heavy atom. The number of rotatable bonds is 13. The molecule has 0 fully saturated rings. The van der Waals surface area contributed by atoms with E-state index in [0.29, 0.717) is 21.7 Å². The summed E-state index contributed by atoms with van der Waals surface area (Å²) in [7, 11) is 1.42. The number of carbonyl (C=O) groups is 3. The number of amides is 1. The number of nitrogens with zero attached hydrogens (tertiary/aromatic N) is 1. The van der Waals surface area contributed by atoms with Gasteiger partial charge in [-0.1, -0.05) is 54.6 Å². The minimum atomic E-state index is -1.05. The molecule has 2 aromatic carbocycles. The Kier molecular flexibility index (Phi) is 11.5. The summed E-state index contributed by atoms with van der Waals surface area (Å²) in [6.07, 6.45) is 5.83. The van der Waals surface area contributed by atoms with E-state index in [2.05, 4.69) is 11.9 Å². The average Bonchev–Trinajstić information content (AvgIpc) is 3.40. The summed E-state index contributed by atoms with van der Waals surface area (Å²) >= 11 is 6.24. The van der Waals surface area contributed by atoms with Gasteiger partial charge in [-0.15, -0.1) is 0 Å². The Balaban J connectivity index is 1.65. The highest BCUT2D eigenvalue weighted by atomic mass is 35.5. The summed E-state index contributed by atoms with van der Waals surface area (Å²) in [5.74, 6) is -1.83. The molecule has 248 valence electrons. The summed E-state index contributed by atoms with van der Waals surface area (Å²) in [6, 6.07) is 14.1. The van der Waals surface area contributed by atoms with E-state index in [0.717, 1.165) is 5.56 Å². The van der Waals surface area contributed by atoms with Gasteiger partial charge in [0.25, 0.3) is 5.56 Å². The second kappa shape index (κ2) is 15.7. The maximum absolute atomic E-state index is 13.9. The van der Waals surface area contributed by atoms with E-state index in [1.807, 2.05) is 30.3 Å². The van der Waals surface area contributed by atoms with Gasteiger partial charge in [0, 0.05) is 39.9 Å². The van der Waals surface area contributed by atoms with E-state index in [4.69, 9.17) is 29.9 Å². The number of carbonyl (C=O) groups excluding carboxylic acids is 3. The Morgan fingerprint density at radius 3 is 2.38 bits per heavy atom. The maximum atomic E-state index is 13.9. The molecule has 0 saturated heterocycles. The van der Waals surface area contributed by atoms with Gasteiger partial charge in [0.1, 0.15) is 11.8 Å². The van der Waals surface area contributed by atoms with Gasteiger partial charge in [0.05, 0.1) is 13.3 Å². The van der Waals surface area contributed by atoms with Crippen molar-refractivity contribution in [3.05, 3.63) is 146 Å². The van der Waals surface area contributed by atoms with Crippen LogP contribution in [0.15, 0.2) is 115 Å². The largest absolute Gasteiger partial charge is 0.519 e. The average molecular weight is 673 g/mol. The van der Waals surface area contributed by atoms with Gasteiger partial charge in [0.15, 0.2) is 23.9 Å². The zero-order valence-electron chi connectivity index (χ0n) is 26.7. The van der Waals surface area contributed by atoms with Crippen LogP contribution in [0.1, 0.15) is 47.3 Å². The number of Topliss-reactive ketones (excluding diaryl/α,β-unsaturated/α-hetero) is 1. The van der Waals surface area contributed by atoms with Crippen molar-refractivity contribution in [2.45, 2.75) is 39.8 Å². The highest BCUT2D eigenvalue weighted by Gasteiger charge is 2.25. The Morgan fingerprint density at radius 1 is 1.02 bits per heavy atom. The Hall–Kier alpha value is -5.68. The van der Waals surface area contributed by atoms with Gasteiger partial charge in [0.2, 0.25) is 5.91 Å². The third-order valence-corrected chi connectivity index (χ3v) is 7.55. The predicted octanol–water partition coefficient (Wildman–Crippen LogP) is 5.89. The molecule has 0 saturated carbocycles. The van der Waals surface area contributed by atoms with E-state index in [-0.39, 0.29) is 47.4 Å². The molecule has 4 rings (SSSR count). The second-order valence-corrected chi connectivity index (χ2v) is 11.1. The van der Waals surface area contributed by atoms with E-state index >= 15 is 0 Å². The van der Waals surface area contributed by atoms with Crippen LogP contribution in [0.25, 0.3) is 11.1 Å². The van der Waals surface area contributed by atoms with Crippen molar-refractivity contribution < 1.29 is 32.7 Å². The van der Waals surface area contributed by atoms with Crippen LogP contribution in [0.5, 0.6) is 5.75 Å². The number of aryl methyl sites for hydroxylation is 1. The van der Waals surface area contributed by atoms with Crippen LogP contribution in [0.2, 0.25) is 5.02 Å². The van der Waals surface area contributed by atoms with E-state index in [1.54, 1.807) is 18.2 Å². The monoisotopic (exact) mass is 672 g/mol. The number of ketones is 1. The first-order valence-corrected chi connectivity index (χ1v) is 15.0. The molecule has 0 radical (unpaired) electrons. The van der Waals surface area contributed by atoms with Crippen molar-refractivity contribution in [2.24, 2.45) is 0 Å². The van der Waals surface area contributed by atoms with Crippen LogP contribution in [-0.2, 0) is 27.4 Å². The molecule has 0 aliphatic heterocycles. The van der Waals surface area contributed by atoms with E-state index in [9.17, 15) is 24.0 Å². The molecule has 1 N–H and O–H groups in total. The first-order valence-electron chi connectivity index (χ1n) is 14.6. The molecule has 0 spiro atoms. The molecule has 2 heterocycles. The topological polar surface area (TPSA) is 147 Å². The summed E-state index contributed by atoms with van der Waals surface area (Å²) in [5.41, 5.74) is 1.79. The lowest BCUT2D eigenvalue weighted by Gasteiger charge is -2.22. The van der Waals surface area contributed by atoms with Gasteiger partial charge < -0.3 is 23.6 Å². The number of allylic oxidation sites excluding steroid dienone is 3. The molecular weight excluding hydrogens is 640 g/mol. The fourth-order valence-corrected chi connectivity index (χ4v) is 4.94.